The number of hydrogen-bond donors (Lipinski definition) is 0. The fourth-order valence-electron chi connectivity index (χ4n) is 2.47. The summed E-state index contributed by atoms with van der Waals surface area (Å²) < 4.78 is 7.04. The van der Waals surface area contributed by atoms with Gasteiger partial charge in [-0.25, -0.2) is 9.50 Å². The van der Waals surface area contributed by atoms with Crippen molar-refractivity contribution in [2.75, 3.05) is 6.26 Å². The van der Waals surface area contributed by atoms with Crippen LogP contribution < -0.4 is 0 Å². The highest BCUT2D eigenvalue weighted by molar-refractivity contribution is 7.98. The minimum atomic E-state index is -0.281. The van der Waals surface area contributed by atoms with E-state index in [9.17, 15) is 4.79 Å². The SMILES string of the molecule is CSc1nc2nc(C)c(CC(=O)OCc3ccccc3)c(C)n2n1. The molecular formula is C17H18N4O2S. The summed E-state index contributed by atoms with van der Waals surface area (Å²) in [6.45, 7) is 4.06. The first-order valence-corrected chi connectivity index (χ1v) is 8.77. The third-order valence-corrected chi connectivity index (χ3v) is 4.31. The van der Waals surface area contributed by atoms with Crippen molar-refractivity contribution in [1.82, 2.24) is 19.6 Å². The summed E-state index contributed by atoms with van der Waals surface area (Å²) in [6, 6.07) is 9.63. The van der Waals surface area contributed by atoms with Crippen molar-refractivity contribution in [3.8, 4) is 0 Å². The maximum absolute atomic E-state index is 12.2. The van der Waals surface area contributed by atoms with Crippen molar-refractivity contribution in [3.05, 3.63) is 52.8 Å². The number of hydrogen-bond acceptors (Lipinski definition) is 6. The molecular weight excluding hydrogens is 324 g/mol. The van der Waals surface area contributed by atoms with Crippen LogP contribution in [0.15, 0.2) is 35.5 Å². The Kier molecular flexibility index (Phi) is 4.80. The van der Waals surface area contributed by atoms with Crippen LogP contribution in [-0.2, 0) is 22.6 Å². The van der Waals surface area contributed by atoms with Gasteiger partial charge in [0.15, 0.2) is 0 Å². The molecule has 6 nitrogen and oxygen atoms in total. The highest BCUT2D eigenvalue weighted by Crippen LogP contribution is 2.17. The molecule has 24 heavy (non-hydrogen) atoms. The molecule has 0 radical (unpaired) electrons. The van der Waals surface area contributed by atoms with E-state index < -0.39 is 0 Å². The number of benzene rings is 1. The van der Waals surface area contributed by atoms with Crippen molar-refractivity contribution < 1.29 is 9.53 Å². The number of aromatic nitrogens is 4. The van der Waals surface area contributed by atoms with Gasteiger partial charge in [-0.2, -0.15) is 4.98 Å². The van der Waals surface area contributed by atoms with E-state index in [0.29, 0.717) is 10.9 Å². The summed E-state index contributed by atoms with van der Waals surface area (Å²) in [7, 11) is 0. The number of rotatable bonds is 5. The summed E-state index contributed by atoms with van der Waals surface area (Å²) in [5.74, 6) is 0.271. The van der Waals surface area contributed by atoms with Crippen LogP contribution in [0.2, 0.25) is 0 Å². The Morgan fingerprint density at radius 3 is 2.67 bits per heavy atom. The van der Waals surface area contributed by atoms with E-state index in [1.54, 1.807) is 4.52 Å². The summed E-state index contributed by atoms with van der Waals surface area (Å²) >= 11 is 1.46. The molecule has 3 aromatic rings. The minimum Gasteiger partial charge on any atom is -0.461 e. The van der Waals surface area contributed by atoms with E-state index in [-0.39, 0.29) is 19.0 Å². The maximum atomic E-state index is 12.2. The number of fused-ring (bicyclic) bond motifs is 1. The molecule has 0 aliphatic carbocycles. The zero-order chi connectivity index (χ0) is 17.1. The topological polar surface area (TPSA) is 69.4 Å². The molecule has 2 aromatic heterocycles. The van der Waals surface area contributed by atoms with E-state index in [0.717, 1.165) is 22.5 Å². The first-order chi connectivity index (χ1) is 11.6. The number of ether oxygens (including phenoxy) is 1. The third-order valence-electron chi connectivity index (χ3n) is 3.78. The monoisotopic (exact) mass is 342 g/mol. The molecule has 2 heterocycles. The fourth-order valence-corrected chi connectivity index (χ4v) is 2.80. The lowest BCUT2D eigenvalue weighted by Gasteiger charge is -2.10. The smallest absolute Gasteiger partial charge is 0.310 e. The van der Waals surface area contributed by atoms with Crippen LogP contribution in [0.5, 0.6) is 0 Å². The van der Waals surface area contributed by atoms with Crippen LogP contribution in [0, 0.1) is 13.8 Å². The van der Waals surface area contributed by atoms with Crippen LogP contribution in [0.1, 0.15) is 22.5 Å². The standard InChI is InChI=1S/C17H18N4O2S/c1-11-14(9-15(22)23-10-13-7-5-4-6-8-13)12(2)21-16(18-11)19-17(20-21)24-3/h4-8H,9-10H2,1-3H3. The summed E-state index contributed by atoms with van der Waals surface area (Å²) in [5.41, 5.74) is 3.44. The van der Waals surface area contributed by atoms with Crippen LogP contribution in [0.3, 0.4) is 0 Å². The molecule has 3 rings (SSSR count). The van der Waals surface area contributed by atoms with Gasteiger partial charge >= 0.3 is 5.97 Å². The van der Waals surface area contributed by atoms with Gasteiger partial charge in [0.1, 0.15) is 6.61 Å². The lowest BCUT2D eigenvalue weighted by Crippen LogP contribution is -2.13. The van der Waals surface area contributed by atoms with Gasteiger partial charge in [-0.3, -0.25) is 4.79 Å². The van der Waals surface area contributed by atoms with Gasteiger partial charge in [0.2, 0.25) is 5.16 Å². The van der Waals surface area contributed by atoms with Crippen LogP contribution in [0.4, 0.5) is 0 Å². The second kappa shape index (κ2) is 7.00. The second-order valence-corrected chi connectivity index (χ2v) is 6.17. The van der Waals surface area contributed by atoms with Crippen molar-refractivity contribution in [2.24, 2.45) is 0 Å². The Labute approximate surface area is 144 Å². The van der Waals surface area contributed by atoms with Gasteiger partial charge in [0, 0.05) is 17.0 Å². The van der Waals surface area contributed by atoms with Crippen molar-refractivity contribution in [3.63, 3.8) is 0 Å². The predicted octanol–water partition coefficient (Wildman–Crippen LogP) is 2.75. The van der Waals surface area contributed by atoms with Crippen LogP contribution in [-0.4, -0.2) is 31.8 Å². The molecule has 0 N–H and O–H groups in total. The van der Waals surface area contributed by atoms with Gasteiger partial charge in [-0.1, -0.05) is 42.1 Å². The Bertz CT molecular complexity index is 877. The molecule has 0 atom stereocenters. The Balaban J connectivity index is 1.77. The molecule has 0 bridgehead atoms. The number of esters is 1. The summed E-state index contributed by atoms with van der Waals surface area (Å²) in [4.78, 5) is 21.0. The van der Waals surface area contributed by atoms with Gasteiger partial charge in [0.25, 0.3) is 5.78 Å². The number of thioether (sulfide) groups is 1. The third kappa shape index (κ3) is 3.41. The molecule has 0 fully saturated rings. The Morgan fingerprint density at radius 1 is 1.21 bits per heavy atom. The van der Waals surface area contributed by atoms with Crippen molar-refractivity contribution >= 4 is 23.5 Å². The molecule has 0 spiro atoms. The second-order valence-electron chi connectivity index (χ2n) is 5.39. The number of aryl methyl sites for hydroxylation is 2. The summed E-state index contributed by atoms with van der Waals surface area (Å²) in [5, 5.41) is 5.05. The molecule has 0 unspecified atom stereocenters. The van der Waals surface area contributed by atoms with Crippen molar-refractivity contribution in [1.29, 1.82) is 0 Å². The van der Waals surface area contributed by atoms with E-state index in [2.05, 4.69) is 15.1 Å². The van der Waals surface area contributed by atoms with E-state index in [1.807, 2.05) is 50.4 Å². The lowest BCUT2D eigenvalue weighted by molar-refractivity contribution is -0.144. The molecule has 7 heteroatoms. The predicted molar refractivity (Wildman–Crippen MR) is 92.0 cm³/mol. The number of carbonyl (C=O) groups excluding carboxylic acids is 1. The zero-order valence-corrected chi connectivity index (χ0v) is 14.6. The van der Waals surface area contributed by atoms with E-state index in [4.69, 9.17) is 4.74 Å². The zero-order valence-electron chi connectivity index (χ0n) is 13.8. The van der Waals surface area contributed by atoms with Gasteiger partial charge in [-0.05, 0) is 25.7 Å². The normalized spacial score (nSPS) is 11.0. The van der Waals surface area contributed by atoms with Crippen LogP contribution in [0.25, 0.3) is 5.78 Å². The quantitative estimate of drug-likeness (QED) is 0.524. The molecule has 0 amide bonds. The Morgan fingerprint density at radius 2 is 1.96 bits per heavy atom. The maximum Gasteiger partial charge on any atom is 0.310 e. The highest BCUT2D eigenvalue weighted by atomic mass is 32.2. The lowest BCUT2D eigenvalue weighted by atomic mass is 10.1. The van der Waals surface area contributed by atoms with E-state index >= 15 is 0 Å². The molecule has 0 aliphatic heterocycles. The van der Waals surface area contributed by atoms with E-state index in [1.165, 1.54) is 11.8 Å². The molecule has 0 saturated heterocycles. The van der Waals surface area contributed by atoms with Crippen LogP contribution >= 0.6 is 11.8 Å². The largest absolute Gasteiger partial charge is 0.461 e. The molecule has 124 valence electrons. The van der Waals surface area contributed by atoms with Gasteiger partial charge in [0.05, 0.1) is 6.42 Å². The van der Waals surface area contributed by atoms with Crippen molar-refractivity contribution in [2.45, 2.75) is 32.0 Å². The molecule has 1 aromatic carbocycles. The number of carbonyl (C=O) groups is 1. The number of nitrogens with zero attached hydrogens (tertiary/aromatic N) is 4. The van der Waals surface area contributed by atoms with Gasteiger partial charge in [-0.15, -0.1) is 5.10 Å². The summed E-state index contributed by atoms with van der Waals surface area (Å²) in [6.07, 6.45) is 2.08. The molecule has 0 aliphatic rings. The highest BCUT2D eigenvalue weighted by Gasteiger charge is 2.16. The minimum absolute atomic E-state index is 0.169. The fraction of sp³-hybridized carbons (Fsp3) is 0.294. The molecule has 0 saturated carbocycles. The first-order valence-electron chi connectivity index (χ1n) is 7.55. The van der Waals surface area contributed by atoms with Gasteiger partial charge < -0.3 is 4.74 Å². The first kappa shape index (κ1) is 16.4. The Hall–Kier alpha value is -2.41. The average Bonchev–Trinajstić information content (AvgIpc) is 3.01. The average molecular weight is 342 g/mol.